The molecule has 0 amide bonds. The summed E-state index contributed by atoms with van der Waals surface area (Å²) >= 11 is 1.86. The predicted molar refractivity (Wildman–Crippen MR) is 253 cm³/mol. The molecule has 0 aliphatic heterocycles. The molecular weight excluding hydrogens is 735 g/mol. The maximum atomic E-state index is 6.74. The number of nitrogens with zero attached hydrogens (tertiary/aromatic N) is 1. The number of furan rings is 1. The third-order valence-corrected chi connectivity index (χ3v) is 13.0. The first-order valence-corrected chi connectivity index (χ1v) is 20.9. The van der Waals surface area contributed by atoms with E-state index in [4.69, 9.17) is 4.42 Å². The van der Waals surface area contributed by atoms with Gasteiger partial charge in [-0.2, -0.15) is 0 Å². The van der Waals surface area contributed by atoms with Crippen LogP contribution in [0.4, 0.5) is 17.1 Å². The van der Waals surface area contributed by atoms with Crippen molar-refractivity contribution < 1.29 is 4.42 Å². The first-order valence-electron chi connectivity index (χ1n) is 20.1. The molecule has 0 aliphatic carbocycles. The lowest BCUT2D eigenvalue weighted by Crippen LogP contribution is -2.11. The molecule has 3 heteroatoms. The molecule has 10 aromatic carbocycles. The molecule has 12 aromatic rings. The largest absolute Gasteiger partial charge is 0.455 e. The van der Waals surface area contributed by atoms with E-state index in [0.717, 1.165) is 50.0 Å². The average molecular weight is 770 g/mol. The fourth-order valence-corrected chi connectivity index (χ4v) is 10.1. The zero-order chi connectivity index (χ0) is 38.9. The Morgan fingerprint density at radius 2 is 0.983 bits per heavy atom. The Balaban J connectivity index is 1.03. The van der Waals surface area contributed by atoms with E-state index in [2.05, 4.69) is 217 Å². The smallest absolute Gasteiger partial charge is 0.143 e. The van der Waals surface area contributed by atoms with E-state index in [9.17, 15) is 0 Å². The van der Waals surface area contributed by atoms with E-state index in [-0.39, 0.29) is 0 Å². The van der Waals surface area contributed by atoms with E-state index in [1.165, 1.54) is 64.1 Å². The summed E-state index contributed by atoms with van der Waals surface area (Å²) in [5.74, 6) is 0. The highest BCUT2D eigenvalue weighted by Gasteiger charge is 2.23. The number of hydrogen-bond donors (Lipinski definition) is 0. The second-order valence-corrected chi connectivity index (χ2v) is 16.4. The molecule has 59 heavy (non-hydrogen) atoms. The molecule has 12 rings (SSSR count). The van der Waals surface area contributed by atoms with Crippen LogP contribution in [0.5, 0.6) is 0 Å². The van der Waals surface area contributed by atoms with Gasteiger partial charge in [0, 0.05) is 42.2 Å². The van der Waals surface area contributed by atoms with Crippen molar-refractivity contribution in [1.29, 1.82) is 0 Å². The normalized spacial score (nSPS) is 11.7. The first-order chi connectivity index (χ1) is 29.2. The quantitative estimate of drug-likeness (QED) is 0.167. The van der Waals surface area contributed by atoms with Crippen LogP contribution in [0.3, 0.4) is 0 Å². The first kappa shape index (κ1) is 33.7. The Bertz CT molecular complexity index is 3570. The van der Waals surface area contributed by atoms with Gasteiger partial charge in [-0.15, -0.1) is 11.3 Å². The number of fused-ring (bicyclic) bond motifs is 9. The molecule has 0 saturated carbocycles. The summed E-state index contributed by atoms with van der Waals surface area (Å²) in [6.45, 7) is 0. The maximum absolute atomic E-state index is 6.74. The highest BCUT2D eigenvalue weighted by Crippen LogP contribution is 2.48. The van der Waals surface area contributed by atoms with Crippen molar-refractivity contribution in [3.63, 3.8) is 0 Å². The standard InChI is InChI=1S/C56H35NOS/c1-2-13-39-34-42(24-23-36(39)11-1)41-15-9-14-40(33-41)37-25-29-44(30-26-37)57(51-20-10-21-52-55(51)49-32-27-38-12-3-4-17-46(38)56(49)58-52)50-19-7-5-16-45(50)43-28-31-48-47-18-6-8-22-53(47)59-54(48)35-43/h1-35H. The Morgan fingerprint density at radius 3 is 1.88 bits per heavy atom. The van der Waals surface area contributed by atoms with Crippen molar-refractivity contribution in [2.75, 3.05) is 4.90 Å². The Labute approximate surface area is 345 Å². The van der Waals surface area contributed by atoms with E-state index < -0.39 is 0 Å². The van der Waals surface area contributed by atoms with Crippen molar-refractivity contribution >= 4 is 92.1 Å². The number of hydrogen-bond acceptors (Lipinski definition) is 3. The van der Waals surface area contributed by atoms with Crippen LogP contribution in [0.1, 0.15) is 0 Å². The van der Waals surface area contributed by atoms with Crippen LogP contribution >= 0.6 is 11.3 Å². The summed E-state index contributed by atoms with van der Waals surface area (Å²) in [5.41, 5.74) is 12.1. The van der Waals surface area contributed by atoms with Gasteiger partial charge in [-0.05, 0) is 105 Å². The van der Waals surface area contributed by atoms with Crippen molar-refractivity contribution in [2.24, 2.45) is 0 Å². The maximum Gasteiger partial charge on any atom is 0.143 e. The highest BCUT2D eigenvalue weighted by atomic mass is 32.1. The fraction of sp³-hybridized carbons (Fsp3) is 0. The lowest BCUT2D eigenvalue weighted by atomic mass is 9.96. The number of anilines is 3. The number of thiophene rings is 1. The molecule has 0 spiro atoms. The third-order valence-electron chi connectivity index (χ3n) is 11.8. The van der Waals surface area contributed by atoms with Crippen LogP contribution in [0.15, 0.2) is 217 Å². The van der Waals surface area contributed by atoms with Gasteiger partial charge in [0.25, 0.3) is 0 Å². The summed E-state index contributed by atoms with van der Waals surface area (Å²) in [6, 6.07) is 77.0. The van der Waals surface area contributed by atoms with Gasteiger partial charge in [0.05, 0.1) is 16.8 Å². The molecule has 276 valence electrons. The van der Waals surface area contributed by atoms with Gasteiger partial charge in [-0.25, -0.2) is 0 Å². The lowest BCUT2D eigenvalue weighted by molar-refractivity contribution is 0.672. The topological polar surface area (TPSA) is 16.4 Å². The lowest BCUT2D eigenvalue weighted by Gasteiger charge is -2.28. The zero-order valence-electron chi connectivity index (χ0n) is 32.0. The second kappa shape index (κ2) is 13.6. The molecule has 0 N–H and O–H groups in total. The average Bonchev–Trinajstić information content (AvgIpc) is 3.88. The van der Waals surface area contributed by atoms with Gasteiger partial charge < -0.3 is 9.32 Å². The van der Waals surface area contributed by atoms with Crippen LogP contribution < -0.4 is 4.90 Å². The van der Waals surface area contributed by atoms with Crippen LogP contribution in [0, 0.1) is 0 Å². The van der Waals surface area contributed by atoms with Crippen LogP contribution in [-0.4, -0.2) is 0 Å². The predicted octanol–water partition coefficient (Wildman–Crippen LogP) is 16.7. The molecule has 0 fully saturated rings. The second-order valence-electron chi connectivity index (χ2n) is 15.3. The summed E-state index contributed by atoms with van der Waals surface area (Å²) in [5, 5.41) is 9.58. The van der Waals surface area contributed by atoms with Crippen molar-refractivity contribution in [3.8, 4) is 33.4 Å². The fourth-order valence-electron chi connectivity index (χ4n) is 8.99. The van der Waals surface area contributed by atoms with E-state index in [1.54, 1.807) is 0 Å². The molecule has 0 atom stereocenters. The molecule has 0 aliphatic rings. The SMILES string of the molecule is c1cc(-c2ccc(N(c3ccccc3-c3ccc4c(c3)sc3ccccc34)c3cccc4oc5c6ccccc6ccc5c34)cc2)cc(-c2ccc3ccccc3c2)c1. The minimum atomic E-state index is 0.866. The molecule has 0 radical (unpaired) electrons. The monoisotopic (exact) mass is 769 g/mol. The van der Waals surface area contributed by atoms with Gasteiger partial charge in [-0.3, -0.25) is 0 Å². The number of benzene rings is 10. The summed E-state index contributed by atoms with van der Waals surface area (Å²) in [6.07, 6.45) is 0. The van der Waals surface area contributed by atoms with Gasteiger partial charge in [0.2, 0.25) is 0 Å². The van der Waals surface area contributed by atoms with Crippen molar-refractivity contribution in [3.05, 3.63) is 212 Å². The van der Waals surface area contributed by atoms with Crippen LogP contribution in [0.25, 0.3) is 97.0 Å². The molecule has 2 aromatic heterocycles. The van der Waals surface area contributed by atoms with Gasteiger partial charge >= 0.3 is 0 Å². The van der Waals surface area contributed by atoms with Gasteiger partial charge in [0.1, 0.15) is 11.2 Å². The third kappa shape index (κ3) is 5.62. The minimum Gasteiger partial charge on any atom is -0.455 e. The van der Waals surface area contributed by atoms with Gasteiger partial charge in [0.15, 0.2) is 0 Å². The van der Waals surface area contributed by atoms with E-state index in [1.807, 2.05) is 11.3 Å². The molecule has 2 nitrogen and oxygen atoms in total. The zero-order valence-corrected chi connectivity index (χ0v) is 32.8. The van der Waals surface area contributed by atoms with Crippen LogP contribution in [-0.2, 0) is 0 Å². The summed E-state index contributed by atoms with van der Waals surface area (Å²) < 4.78 is 9.34. The summed E-state index contributed by atoms with van der Waals surface area (Å²) in [4.78, 5) is 2.42. The number of rotatable bonds is 6. The van der Waals surface area contributed by atoms with E-state index in [0.29, 0.717) is 0 Å². The Kier molecular flexibility index (Phi) is 7.75. The molecule has 0 unspecified atom stereocenters. The van der Waals surface area contributed by atoms with Crippen LogP contribution in [0.2, 0.25) is 0 Å². The minimum absolute atomic E-state index is 0.866. The Morgan fingerprint density at radius 1 is 0.356 bits per heavy atom. The van der Waals surface area contributed by atoms with Gasteiger partial charge in [-0.1, -0.05) is 152 Å². The Hall–Kier alpha value is -7.46. The highest BCUT2D eigenvalue weighted by molar-refractivity contribution is 7.25. The molecular formula is C56H35NOS. The molecule has 2 heterocycles. The van der Waals surface area contributed by atoms with E-state index >= 15 is 0 Å². The summed E-state index contributed by atoms with van der Waals surface area (Å²) in [7, 11) is 0. The van der Waals surface area contributed by atoms with Crippen molar-refractivity contribution in [2.45, 2.75) is 0 Å². The van der Waals surface area contributed by atoms with Crippen molar-refractivity contribution in [1.82, 2.24) is 0 Å². The number of para-hydroxylation sites is 1. The molecule has 0 saturated heterocycles. The molecule has 0 bridgehead atoms.